The van der Waals surface area contributed by atoms with Gasteiger partial charge < -0.3 is 10.1 Å². The molecule has 2 rings (SSSR count). The van der Waals surface area contributed by atoms with Crippen molar-refractivity contribution < 1.29 is 4.74 Å². The van der Waals surface area contributed by atoms with E-state index in [-0.39, 0.29) is 0 Å². The van der Waals surface area contributed by atoms with Crippen molar-refractivity contribution >= 4 is 22.9 Å². The molecule has 3 nitrogen and oxygen atoms in total. The summed E-state index contributed by atoms with van der Waals surface area (Å²) in [4.78, 5) is 4.55. The third-order valence-corrected chi connectivity index (χ3v) is 3.91. The molecule has 0 saturated carbocycles. The highest BCUT2D eigenvalue weighted by Crippen LogP contribution is 2.18. The first kappa shape index (κ1) is 15.3. The average molecular weight is 311 g/mol. The Labute approximate surface area is 129 Å². The molecule has 1 aromatic heterocycles. The van der Waals surface area contributed by atoms with Gasteiger partial charge in [-0.3, -0.25) is 0 Å². The molecule has 0 unspecified atom stereocenters. The Morgan fingerprint density at radius 2 is 2.10 bits per heavy atom. The number of halogens is 1. The Bertz CT molecular complexity index is 513. The monoisotopic (exact) mass is 310 g/mol. The first-order valence-electron chi connectivity index (χ1n) is 6.80. The van der Waals surface area contributed by atoms with Crippen molar-refractivity contribution in [1.29, 1.82) is 0 Å². The van der Waals surface area contributed by atoms with Crippen molar-refractivity contribution in [3.05, 3.63) is 45.4 Å². The van der Waals surface area contributed by atoms with Gasteiger partial charge in [0.2, 0.25) is 0 Å². The van der Waals surface area contributed by atoms with Crippen LogP contribution >= 0.6 is 22.9 Å². The van der Waals surface area contributed by atoms with Crippen LogP contribution in [-0.2, 0) is 13.2 Å². The Kier molecular flexibility index (Phi) is 6.30. The number of nitrogens with one attached hydrogen (secondary N) is 1. The lowest BCUT2D eigenvalue weighted by atomic mass is 10.3. The zero-order chi connectivity index (χ0) is 14.2. The summed E-state index contributed by atoms with van der Waals surface area (Å²) in [5.41, 5.74) is 1.08. The van der Waals surface area contributed by atoms with Crippen LogP contribution in [-0.4, -0.2) is 11.5 Å². The summed E-state index contributed by atoms with van der Waals surface area (Å²) in [5, 5.41) is 7.18. The minimum absolute atomic E-state index is 0.501. The number of unbranched alkanes of at least 4 members (excludes halogenated alkanes) is 1. The molecular formula is C15H19ClN2OS. The highest BCUT2D eigenvalue weighted by Gasteiger charge is 2.03. The lowest BCUT2D eigenvalue weighted by molar-refractivity contribution is 0.305. The van der Waals surface area contributed by atoms with Crippen molar-refractivity contribution in [3.8, 4) is 5.75 Å². The third-order valence-electron chi connectivity index (χ3n) is 2.79. The van der Waals surface area contributed by atoms with Crippen LogP contribution in [0.4, 0.5) is 0 Å². The Morgan fingerprint density at radius 3 is 2.85 bits per heavy atom. The van der Waals surface area contributed by atoms with E-state index in [1.54, 1.807) is 11.3 Å². The molecule has 2 aromatic rings. The van der Waals surface area contributed by atoms with E-state index in [1.165, 1.54) is 12.8 Å². The molecule has 0 aliphatic rings. The zero-order valence-electron chi connectivity index (χ0n) is 11.6. The Hall–Kier alpha value is -1.10. The summed E-state index contributed by atoms with van der Waals surface area (Å²) in [6, 6.07) is 7.37. The second kappa shape index (κ2) is 8.25. The SMILES string of the molecule is CCCCNCc1csc(COc2ccc(Cl)cc2)n1. The first-order chi connectivity index (χ1) is 9.78. The van der Waals surface area contributed by atoms with Crippen molar-refractivity contribution in [2.24, 2.45) is 0 Å². The van der Waals surface area contributed by atoms with Crippen LogP contribution in [0.1, 0.15) is 30.5 Å². The largest absolute Gasteiger partial charge is 0.486 e. The summed E-state index contributed by atoms with van der Waals surface area (Å²) in [6.07, 6.45) is 2.42. The average Bonchev–Trinajstić information content (AvgIpc) is 2.91. The number of rotatable bonds is 8. The summed E-state index contributed by atoms with van der Waals surface area (Å²) in [7, 11) is 0. The minimum atomic E-state index is 0.501. The van der Waals surface area contributed by atoms with E-state index in [1.807, 2.05) is 24.3 Å². The van der Waals surface area contributed by atoms with E-state index in [2.05, 4.69) is 22.6 Å². The zero-order valence-corrected chi connectivity index (χ0v) is 13.1. The molecule has 0 amide bonds. The number of hydrogen-bond acceptors (Lipinski definition) is 4. The highest BCUT2D eigenvalue weighted by molar-refractivity contribution is 7.09. The second-order valence-electron chi connectivity index (χ2n) is 4.51. The van der Waals surface area contributed by atoms with Crippen molar-refractivity contribution in [1.82, 2.24) is 10.3 Å². The topological polar surface area (TPSA) is 34.1 Å². The predicted molar refractivity (Wildman–Crippen MR) is 84.5 cm³/mol. The summed E-state index contributed by atoms with van der Waals surface area (Å²) in [5.74, 6) is 0.812. The van der Waals surface area contributed by atoms with Crippen LogP contribution in [0.5, 0.6) is 5.75 Å². The summed E-state index contributed by atoms with van der Waals surface area (Å²) < 4.78 is 5.67. The van der Waals surface area contributed by atoms with E-state index in [0.717, 1.165) is 29.5 Å². The van der Waals surface area contributed by atoms with Gasteiger partial charge in [0.25, 0.3) is 0 Å². The van der Waals surface area contributed by atoms with Crippen molar-refractivity contribution in [3.63, 3.8) is 0 Å². The van der Waals surface area contributed by atoms with Gasteiger partial charge in [0.15, 0.2) is 0 Å². The maximum Gasteiger partial charge on any atom is 0.140 e. The maximum absolute atomic E-state index is 5.83. The molecule has 0 aliphatic heterocycles. The van der Waals surface area contributed by atoms with Crippen LogP contribution in [0.3, 0.4) is 0 Å². The van der Waals surface area contributed by atoms with Gasteiger partial charge in [-0.2, -0.15) is 0 Å². The van der Waals surface area contributed by atoms with Gasteiger partial charge in [-0.05, 0) is 37.2 Å². The Morgan fingerprint density at radius 1 is 1.30 bits per heavy atom. The van der Waals surface area contributed by atoms with Crippen LogP contribution in [0.25, 0.3) is 0 Å². The summed E-state index contributed by atoms with van der Waals surface area (Å²) >= 11 is 7.46. The van der Waals surface area contributed by atoms with E-state index in [4.69, 9.17) is 16.3 Å². The third kappa shape index (κ3) is 5.12. The van der Waals surface area contributed by atoms with Crippen molar-refractivity contribution in [2.75, 3.05) is 6.54 Å². The molecule has 1 N–H and O–H groups in total. The summed E-state index contributed by atoms with van der Waals surface area (Å²) in [6.45, 7) is 4.57. The van der Waals surface area contributed by atoms with E-state index in [0.29, 0.717) is 11.6 Å². The molecule has 0 bridgehead atoms. The number of nitrogens with zero attached hydrogens (tertiary/aromatic N) is 1. The smallest absolute Gasteiger partial charge is 0.140 e. The van der Waals surface area contributed by atoms with E-state index in [9.17, 15) is 0 Å². The fraction of sp³-hybridized carbons (Fsp3) is 0.400. The van der Waals surface area contributed by atoms with Crippen molar-refractivity contribution in [2.45, 2.75) is 32.9 Å². The van der Waals surface area contributed by atoms with Gasteiger partial charge in [-0.1, -0.05) is 24.9 Å². The minimum Gasteiger partial charge on any atom is -0.486 e. The number of ether oxygens (including phenoxy) is 1. The molecule has 1 aromatic carbocycles. The van der Waals surface area contributed by atoms with Crippen LogP contribution in [0.15, 0.2) is 29.6 Å². The molecule has 5 heteroatoms. The van der Waals surface area contributed by atoms with Gasteiger partial charge in [-0.25, -0.2) is 4.98 Å². The lowest BCUT2D eigenvalue weighted by Crippen LogP contribution is -2.14. The molecular weight excluding hydrogens is 292 g/mol. The highest BCUT2D eigenvalue weighted by atomic mass is 35.5. The number of benzene rings is 1. The number of hydrogen-bond donors (Lipinski definition) is 1. The standard InChI is InChI=1S/C15H19ClN2OS/c1-2-3-8-17-9-13-11-20-15(18-13)10-19-14-6-4-12(16)5-7-14/h4-7,11,17H,2-3,8-10H2,1H3. The molecule has 0 saturated heterocycles. The van der Waals surface area contributed by atoms with Gasteiger partial charge in [0.1, 0.15) is 17.4 Å². The molecule has 0 fully saturated rings. The normalized spacial score (nSPS) is 10.7. The molecule has 0 spiro atoms. The maximum atomic E-state index is 5.83. The van der Waals surface area contributed by atoms with Crippen LogP contribution in [0.2, 0.25) is 5.02 Å². The molecule has 1 heterocycles. The van der Waals surface area contributed by atoms with E-state index < -0.39 is 0 Å². The molecule has 108 valence electrons. The van der Waals surface area contributed by atoms with Crippen LogP contribution in [0, 0.1) is 0 Å². The number of thiazole rings is 1. The first-order valence-corrected chi connectivity index (χ1v) is 8.06. The van der Waals surface area contributed by atoms with E-state index >= 15 is 0 Å². The van der Waals surface area contributed by atoms with Gasteiger partial charge in [0.05, 0.1) is 5.69 Å². The molecule has 0 radical (unpaired) electrons. The molecule has 0 atom stereocenters. The van der Waals surface area contributed by atoms with Gasteiger partial charge >= 0.3 is 0 Å². The fourth-order valence-electron chi connectivity index (χ4n) is 1.69. The van der Waals surface area contributed by atoms with Gasteiger partial charge in [0, 0.05) is 16.9 Å². The fourth-order valence-corrected chi connectivity index (χ4v) is 2.52. The van der Waals surface area contributed by atoms with Gasteiger partial charge in [-0.15, -0.1) is 11.3 Å². The molecule has 20 heavy (non-hydrogen) atoms. The quantitative estimate of drug-likeness (QED) is 0.740. The predicted octanol–water partition coefficient (Wildman–Crippen LogP) is 4.27. The number of aromatic nitrogens is 1. The lowest BCUT2D eigenvalue weighted by Gasteiger charge is -2.03. The van der Waals surface area contributed by atoms with Crippen LogP contribution < -0.4 is 10.1 Å². The molecule has 0 aliphatic carbocycles. The Balaban J connectivity index is 1.76. The second-order valence-corrected chi connectivity index (χ2v) is 5.88.